The molecule has 0 aliphatic heterocycles. The summed E-state index contributed by atoms with van der Waals surface area (Å²) in [6, 6.07) is 16.0. The molecule has 0 heterocycles. The zero-order valence-corrected chi connectivity index (χ0v) is 12.6. The van der Waals surface area contributed by atoms with E-state index in [0.29, 0.717) is 0 Å². The van der Waals surface area contributed by atoms with Crippen molar-refractivity contribution in [3.05, 3.63) is 59.7 Å². The van der Waals surface area contributed by atoms with Crippen molar-refractivity contribution >= 4 is 0 Å². The largest absolute Gasteiger partial charge is 0.458 e. The number of para-hydroxylation sites is 1. The van der Waals surface area contributed by atoms with E-state index in [1.807, 2.05) is 30.3 Å². The van der Waals surface area contributed by atoms with Gasteiger partial charge in [0.1, 0.15) is 11.5 Å². The lowest BCUT2D eigenvalue weighted by molar-refractivity contribution is 0.117. The van der Waals surface area contributed by atoms with E-state index in [4.69, 9.17) is 9.47 Å². The lowest BCUT2D eigenvalue weighted by Gasteiger charge is -2.23. The van der Waals surface area contributed by atoms with E-state index in [0.717, 1.165) is 11.5 Å². The second-order valence-electron chi connectivity index (χ2n) is 5.97. The molecule has 0 aliphatic rings. The second kappa shape index (κ2) is 6.00. The predicted octanol–water partition coefficient (Wildman–Crippen LogP) is 4.71. The highest BCUT2D eigenvalue weighted by Crippen LogP contribution is 2.32. The van der Waals surface area contributed by atoms with Crippen molar-refractivity contribution in [2.45, 2.75) is 33.1 Å². The van der Waals surface area contributed by atoms with Crippen LogP contribution >= 0.6 is 0 Å². The minimum absolute atomic E-state index is 0.0514. The quantitative estimate of drug-likeness (QED) is 0.749. The molecule has 0 fully saturated rings. The molecular weight excluding hydrogens is 248 g/mol. The summed E-state index contributed by atoms with van der Waals surface area (Å²) in [6.07, 6.45) is 0. The first-order chi connectivity index (χ1) is 9.47. The topological polar surface area (TPSA) is 18.5 Å². The van der Waals surface area contributed by atoms with Gasteiger partial charge in [-0.15, -0.1) is 0 Å². The van der Waals surface area contributed by atoms with E-state index in [2.05, 4.69) is 45.9 Å². The monoisotopic (exact) mass is 270 g/mol. The Kier molecular flexibility index (Phi) is 4.33. The van der Waals surface area contributed by atoms with Crippen molar-refractivity contribution in [3.8, 4) is 11.5 Å². The third-order valence-electron chi connectivity index (χ3n) is 3.13. The Morgan fingerprint density at radius 3 is 2.25 bits per heavy atom. The van der Waals surface area contributed by atoms with E-state index in [1.54, 1.807) is 0 Å². The van der Waals surface area contributed by atoms with Crippen LogP contribution in [-0.2, 0) is 5.41 Å². The summed E-state index contributed by atoms with van der Waals surface area (Å²) in [4.78, 5) is 0. The minimum atomic E-state index is 0.0514. The molecule has 2 aromatic rings. The van der Waals surface area contributed by atoms with Gasteiger partial charge in [0.2, 0.25) is 6.79 Å². The molecule has 0 unspecified atom stereocenters. The van der Waals surface area contributed by atoms with Crippen LogP contribution in [-0.4, -0.2) is 6.79 Å². The van der Waals surface area contributed by atoms with Crippen LogP contribution in [0, 0.1) is 6.92 Å². The summed E-state index contributed by atoms with van der Waals surface area (Å²) >= 11 is 0. The average Bonchev–Trinajstić information content (AvgIpc) is 2.38. The summed E-state index contributed by atoms with van der Waals surface area (Å²) < 4.78 is 11.4. The highest BCUT2D eigenvalue weighted by molar-refractivity contribution is 5.41. The molecule has 0 N–H and O–H groups in total. The van der Waals surface area contributed by atoms with Crippen LogP contribution in [0.3, 0.4) is 0 Å². The van der Waals surface area contributed by atoms with Gasteiger partial charge in [-0.2, -0.15) is 0 Å². The molecule has 2 nitrogen and oxygen atoms in total. The van der Waals surface area contributed by atoms with Crippen molar-refractivity contribution in [1.29, 1.82) is 0 Å². The Hall–Kier alpha value is -1.96. The van der Waals surface area contributed by atoms with E-state index < -0.39 is 0 Å². The van der Waals surface area contributed by atoms with Crippen LogP contribution < -0.4 is 9.47 Å². The third kappa shape index (κ3) is 3.77. The fourth-order valence-electron chi connectivity index (χ4n) is 2.05. The van der Waals surface area contributed by atoms with Gasteiger partial charge in [0.15, 0.2) is 0 Å². The van der Waals surface area contributed by atoms with Gasteiger partial charge in [-0.05, 0) is 41.7 Å². The molecule has 2 aromatic carbocycles. The molecule has 0 atom stereocenters. The molecular formula is C18H22O2. The van der Waals surface area contributed by atoms with Gasteiger partial charge in [0.05, 0.1) is 0 Å². The van der Waals surface area contributed by atoms with E-state index in [1.165, 1.54) is 11.1 Å². The van der Waals surface area contributed by atoms with Crippen LogP contribution in [0.1, 0.15) is 31.9 Å². The van der Waals surface area contributed by atoms with Crippen molar-refractivity contribution in [3.63, 3.8) is 0 Å². The molecule has 2 heteroatoms. The van der Waals surface area contributed by atoms with Crippen LogP contribution in [0.2, 0.25) is 0 Å². The Morgan fingerprint density at radius 1 is 0.900 bits per heavy atom. The molecule has 20 heavy (non-hydrogen) atoms. The second-order valence-corrected chi connectivity index (χ2v) is 5.97. The Labute approximate surface area is 121 Å². The summed E-state index contributed by atoms with van der Waals surface area (Å²) in [5.74, 6) is 1.71. The van der Waals surface area contributed by atoms with Crippen molar-refractivity contribution in [2.24, 2.45) is 0 Å². The summed E-state index contributed by atoms with van der Waals surface area (Å²) in [7, 11) is 0. The standard InChI is InChI=1S/C18H22O2/c1-14-10-11-16(18(2,3)4)17(12-14)20-13-19-15-8-6-5-7-9-15/h5-12H,13H2,1-4H3. The van der Waals surface area contributed by atoms with Crippen LogP contribution in [0.4, 0.5) is 0 Å². The van der Waals surface area contributed by atoms with Crippen LogP contribution in [0.25, 0.3) is 0 Å². The molecule has 0 amide bonds. The predicted molar refractivity (Wildman–Crippen MR) is 82.4 cm³/mol. The molecule has 0 aliphatic carbocycles. The summed E-state index contributed by atoms with van der Waals surface area (Å²) in [5, 5.41) is 0. The van der Waals surface area contributed by atoms with Crippen molar-refractivity contribution < 1.29 is 9.47 Å². The molecule has 0 saturated heterocycles. The Bertz CT molecular complexity index is 553. The van der Waals surface area contributed by atoms with Gasteiger partial charge in [0, 0.05) is 0 Å². The number of rotatable bonds is 4. The number of ether oxygens (including phenoxy) is 2. The fraction of sp³-hybridized carbons (Fsp3) is 0.333. The molecule has 0 spiro atoms. The Morgan fingerprint density at radius 2 is 1.60 bits per heavy atom. The van der Waals surface area contributed by atoms with Gasteiger partial charge < -0.3 is 9.47 Å². The first-order valence-corrected chi connectivity index (χ1v) is 6.88. The maximum absolute atomic E-state index is 5.83. The maximum atomic E-state index is 5.83. The molecule has 0 bridgehead atoms. The van der Waals surface area contributed by atoms with Gasteiger partial charge in [0.25, 0.3) is 0 Å². The van der Waals surface area contributed by atoms with E-state index in [-0.39, 0.29) is 12.2 Å². The van der Waals surface area contributed by atoms with Crippen molar-refractivity contribution in [2.75, 3.05) is 6.79 Å². The van der Waals surface area contributed by atoms with E-state index in [9.17, 15) is 0 Å². The zero-order chi connectivity index (χ0) is 14.6. The first kappa shape index (κ1) is 14.4. The Balaban J connectivity index is 2.07. The normalized spacial score (nSPS) is 11.2. The highest BCUT2D eigenvalue weighted by atomic mass is 16.7. The number of aryl methyl sites for hydroxylation is 1. The minimum Gasteiger partial charge on any atom is -0.458 e. The third-order valence-corrected chi connectivity index (χ3v) is 3.13. The number of hydrogen-bond acceptors (Lipinski definition) is 2. The number of hydrogen-bond donors (Lipinski definition) is 0. The summed E-state index contributed by atoms with van der Waals surface area (Å²) in [5.41, 5.74) is 2.43. The molecule has 0 aromatic heterocycles. The maximum Gasteiger partial charge on any atom is 0.230 e. The van der Waals surface area contributed by atoms with Gasteiger partial charge in [-0.25, -0.2) is 0 Å². The van der Waals surface area contributed by atoms with Crippen LogP contribution in [0.15, 0.2) is 48.5 Å². The molecule has 106 valence electrons. The molecule has 2 rings (SSSR count). The zero-order valence-electron chi connectivity index (χ0n) is 12.6. The fourth-order valence-corrected chi connectivity index (χ4v) is 2.05. The van der Waals surface area contributed by atoms with E-state index >= 15 is 0 Å². The lowest BCUT2D eigenvalue weighted by Crippen LogP contribution is -2.15. The summed E-state index contributed by atoms with van der Waals surface area (Å²) in [6.45, 7) is 8.83. The molecule has 0 radical (unpaired) electrons. The smallest absolute Gasteiger partial charge is 0.230 e. The van der Waals surface area contributed by atoms with Gasteiger partial charge in [-0.1, -0.05) is 51.1 Å². The highest BCUT2D eigenvalue weighted by Gasteiger charge is 2.19. The lowest BCUT2D eigenvalue weighted by atomic mass is 9.86. The molecule has 0 saturated carbocycles. The van der Waals surface area contributed by atoms with Crippen molar-refractivity contribution in [1.82, 2.24) is 0 Å². The average molecular weight is 270 g/mol. The SMILES string of the molecule is Cc1ccc(C(C)(C)C)c(OCOc2ccccc2)c1. The van der Waals surface area contributed by atoms with Crippen LogP contribution in [0.5, 0.6) is 11.5 Å². The first-order valence-electron chi connectivity index (χ1n) is 6.88. The van der Waals surface area contributed by atoms with Gasteiger partial charge >= 0.3 is 0 Å². The van der Waals surface area contributed by atoms with Gasteiger partial charge in [-0.3, -0.25) is 0 Å². The number of benzene rings is 2.